The lowest BCUT2D eigenvalue weighted by Gasteiger charge is -2.16. The van der Waals surface area contributed by atoms with E-state index in [0.717, 1.165) is 16.6 Å². The standard InChI is InChI=1S/C20H20F6N6O/c1-9(2)14-8-15(28-17-16(14)10(3)31-32(17)4)29-30-18(33)27-13-6-11(19(21,22)23)5-12(7-13)20(24,25)26/h5-9H,1-4H3,(H,28,29)(H2,27,30,33). The van der Waals surface area contributed by atoms with Crippen LogP contribution in [-0.2, 0) is 19.4 Å². The van der Waals surface area contributed by atoms with Crippen molar-refractivity contribution in [2.45, 2.75) is 39.0 Å². The first-order valence-electron chi connectivity index (χ1n) is 9.63. The Balaban J connectivity index is 1.82. The van der Waals surface area contributed by atoms with Crippen LogP contribution in [0.15, 0.2) is 24.3 Å². The van der Waals surface area contributed by atoms with E-state index in [1.54, 1.807) is 17.8 Å². The van der Waals surface area contributed by atoms with Gasteiger partial charge in [-0.1, -0.05) is 13.8 Å². The average Bonchev–Trinajstić information content (AvgIpc) is 2.98. The van der Waals surface area contributed by atoms with Gasteiger partial charge in [-0.15, -0.1) is 0 Å². The second-order valence-corrected chi connectivity index (χ2v) is 7.66. The first kappa shape index (κ1) is 24.1. The molecule has 0 radical (unpaired) electrons. The number of fused-ring (bicyclic) bond motifs is 1. The predicted octanol–water partition coefficient (Wildman–Crippen LogP) is 5.59. The molecular weight excluding hydrogens is 454 g/mol. The highest BCUT2D eigenvalue weighted by molar-refractivity contribution is 5.90. The van der Waals surface area contributed by atoms with Gasteiger partial charge >= 0.3 is 18.4 Å². The fraction of sp³-hybridized carbons (Fsp3) is 0.350. The molecule has 3 N–H and O–H groups in total. The number of pyridine rings is 1. The van der Waals surface area contributed by atoms with Gasteiger partial charge in [0.2, 0.25) is 0 Å². The minimum Gasteiger partial charge on any atom is -0.307 e. The van der Waals surface area contributed by atoms with Crippen LogP contribution in [0, 0.1) is 6.92 Å². The summed E-state index contributed by atoms with van der Waals surface area (Å²) < 4.78 is 79.5. The molecule has 3 aromatic rings. The van der Waals surface area contributed by atoms with E-state index in [2.05, 4.69) is 20.9 Å². The van der Waals surface area contributed by atoms with E-state index in [1.807, 2.05) is 26.1 Å². The van der Waals surface area contributed by atoms with E-state index >= 15 is 0 Å². The van der Waals surface area contributed by atoms with Crippen molar-refractivity contribution in [3.05, 3.63) is 46.6 Å². The van der Waals surface area contributed by atoms with E-state index in [0.29, 0.717) is 17.8 Å². The van der Waals surface area contributed by atoms with E-state index in [1.165, 1.54) is 0 Å². The zero-order chi connectivity index (χ0) is 24.7. The van der Waals surface area contributed by atoms with Crippen molar-refractivity contribution < 1.29 is 31.1 Å². The minimum absolute atomic E-state index is 0.0240. The Bertz CT molecular complexity index is 1170. The number of carbonyl (C=O) groups excluding carboxylic acids is 1. The molecule has 0 saturated heterocycles. The third-order valence-corrected chi connectivity index (χ3v) is 4.77. The number of urea groups is 1. The van der Waals surface area contributed by atoms with Crippen LogP contribution < -0.4 is 16.2 Å². The predicted molar refractivity (Wildman–Crippen MR) is 110 cm³/mol. The number of hydrogen-bond donors (Lipinski definition) is 3. The lowest BCUT2D eigenvalue weighted by atomic mass is 10.00. The highest BCUT2D eigenvalue weighted by Gasteiger charge is 2.37. The molecule has 0 saturated carbocycles. The molecule has 0 bridgehead atoms. The highest BCUT2D eigenvalue weighted by Crippen LogP contribution is 2.37. The largest absolute Gasteiger partial charge is 0.416 e. The number of hydrazine groups is 1. The summed E-state index contributed by atoms with van der Waals surface area (Å²) in [7, 11) is 1.70. The molecule has 1 aromatic carbocycles. The Kier molecular flexibility index (Phi) is 6.18. The Morgan fingerprint density at radius 2 is 1.58 bits per heavy atom. The van der Waals surface area contributed by atoms with Gasteiger partial charge in [-0.3, -0.25) is 15.5 Å². The maximum atomic E-state index is 13.0. The van der Waals surface area contributed by atoms with Crippen molar-refractivity contribution in [2.75, 3.05) is 10.7 Å². The molecule has 0 aliphatic carbocycles. The van der Waals surface area contributed by atoms with Crippen molar-refractivity contribution in [3.8, 4) is 0 Å². The quantitative estimate of drug-likeness (QED) is 0.340. The van der Waals surface area contributed by atoms with Crippen LogP contribution in [0.25, 0.3) is 11.0 Å². The molecule has 0 aliphatic heterocycles. The number of rotatable bonds is 4. The van der Waals surface area contributed by atoms with Gasteiger partial charge in [0.05, 0.1) is 16.8 Å². The fourth-order valence-corrected chi connectivity index (χ4v) is 3.31. The molecule has 2 aromatic heterocycles. The van der Waals surface area contributed by atoms with Gasteiger partial charge in [0.25, 0.3) is 0 Å². The molecule has 2 amide bonds. The summed E-state index contributed by atoms with van der Waals surface area (Å²) in [6.07, 6.45) is -10.1. The summed E-state index contributed by atoms with van der Waals surface area (Å²) in [6.45, 7) is 5.74. The van der Waals surface area contributed by atoms with Gasteiger partial charge in [0.1, 0.15) is 5.82 Å². The third-order valence-electron chi connectivity index (χ3n) is 4.77. The number of carbonyl (C=O) groups is 1. The summed E-state index contributed by atoms with van der Waals surface area (Å²) in [5, 5.41) is 7.15. The Hall–Kier alpha value is -3.51. The molecule has 0 aliphatic rings. The van der Waals surface area contributed by atoms with Crippen molar-refractivity contribution in [2.24, 2.45) is 7.05 Å². The smallest absolute Gasteiger partial charge is 0.307 e. The van der Waals surface area contributed by atoms with Crippen LogP contribution in [0.4, 0.5) is 42.6 Å². The van der Waals surface area contributed by atoms with Crippen molar-refractivity contribution in [1.82, 2.24) is 20.2 Å². The number of nitrogens with one attached hydrogen (secondary N) is 3. The van der Waals surface area contributed by atoms with Crippen LogP contribution in [0.5, 0.6) is 0 Å². The van der Waals surface area contributed by atoms with Crippen LogP contribution in [-0.4, -0.2) is 20.8 Å². The first-order chi connectivity index (χ1) is 15.2. The molecule has 3 rings (SSSR count). The zero-order valence-electron chi connectivity index (χ0n) is 17.9. The van der Waals surface area contributed by atoms with Crippen LogP contribution in [0.1, 0.15) is 42.1 Å². The number of anilines is 2. The van der Waals surface area contributed by atoms with Crippen molar-refractivity contribution in [1.29, 1.82) is 0 Å². The van der Waals surface area contributed by atoms with Gasteiger partial charge in [-0.05, 0) is 42.7 Å². The molecule has 13 heteroatoms. The van der Waals surface area contributed by atoms with E-state index in [4.69, 9.17) is 0 Å². The van der Waals surface area contributed by atoms with Crippen LogP contribution in [0.2, 0.25) is 0 Å². The maximum absolute atomic E-state index is 13.0. The minimum atomic E-state index is -5.03. The molecule has 0 unspecified atom stereocenters. The summed E-state index contributed by atoms with van der Waals surface area (Å²) in [4.78, 5) is 16.5. The van der Waals surface area contributed by atoms with Gasteiger partial charge < -0.3 is 5.32 Å². The monoisotopic (exact) mass is 474 g/mol. The number of amides is 2. The topological polar surface area (TPSA) is 83.9 Å². The SMILES string of the molecule is Cc1nn(C)c2nc(NNC(=O)Nc3cc(C(F)(F)F)cc(C(F)(F)F)c3)cc(C(C)C)c12. The third kappa shape index (κ3) is 5.29. The van der Waals surface area contributed by atoms with Crippen LogP contribution >= 0.6 is 0 Å². The number of alkyl halides is 6. The molecule has 7 nitrogen and oxygen atoms in total. The number of aryl methyl sites for hydroxylation is 2. The molecule has 0 fully saturated rings. The van der Waals surface area contributed by atoms with Gasteiger partial charge in [-0.25, -0.2) is 9.78 Å². The van der Waals surface area contributed by atoms with Gasteiger partial charge in [-0.2, -0.15) is 31.4 Å². The van der Waals surface area contributed by atoms with E-state index in [-0.39, 0.29) is 17.8 Å². The second-order valence-electron chi connectivity index (χ2n) is 7.66. The molecule has 178 valence electrons. The van der Waals surface area contributed by atoms with Crippen molar-refractivity contribution >= 4 is 28.6 Å². The normalized spacial score (nSPS) is 12.3. The molecule has 33 heavy (non-hydrogen) atoms. The number of hydrogen-bond acceptors (Lipinski definition) is 4. The Labute approximate surface area is 184 Å². The van der Waals surface area contributed by atoms with Crippen molar-refractivity contribution in [3.63, 3.8) is 0 Å². The number of halogens is 6. The lowest BCUT2D eigenvalue weighted by Crippen LogP contribution is -2.34. The lowest BCUT2D eigenvalue weighted by molar-refractivity contribution is -0.143. The maximum Gasteiger partial charge on any atom is 0.416 e. The van der Waals surface area contributed by atoms with E-state index < -0.39 is 35.2 Å². The first-order valence-corrected chi connectivity index (χ1v) is 9.63. The van der Waals surface area contributed by atoms with E-state index in [9.17, 15) is 31.1 Å². The number of benzene rings is 1. The molecule has 0 atom stereocenters. The number of aromatic nitrogens is 3. The van der Waals surface area contributed by atoms with Crippen LogP contribution in [0.3, 0.4) is 0 Å². The molecule has 2 heterocycles. The zero-order valence-corrected chi connectivity index (χ0v) is 17.9. The summed E-state index contributed by atoms with van der Waals surface area (Å²) >= 11 is 0. The molecular formula is C20H20F6N6O. The summed E-state index contributed by atoms with van der Waals surface area (Å²) in [6, 6.07) is 1.39. The second kappa shape index (κ2) is 8.45. The molecule has 0 spiro atoms. The summed E-state index contributed by atoms with van der Waals surface area (Å²) in [5.41, 5.74) is 3.13. The Morgan fingerprint density at radius 1 is 1.00 bits per heavy atom. The number of nitrogens with zero attached hydrogens (tertiary/aromatic N) is 3. The summed E-state index contributed by atoms with van der Waals surface area (Å²) in [5.74, 6) is 0.294. The fourth-order valence-electron chi connectivity index (χ4n) is 3.31. The Morgan fingerprint density at radius 3 is 2.09 bits per heavy atom. The average molecular weight is 474 g/mol. The van der Waals surface area contributed by atoms with Gasteiger partial charge in [0.15, 0.2) is 5.65 Å². The highest BCUT2D eigenvalue weighted by atomic mass is 19.4. The van der Waals surface area contributed by atoms with Gasteiger partial charge in [0, 0.05) is 18.1 Å².